The lowest BCUT2D eigenvalue weighted by Gasteiger charge is -2.13. The molecule has 0 aliphatic carbocycles. The number of esters is 1. The van der Waals surface area contributed by atoms with Crippen LogP contribution in [0.2, 0.25) is 0 Å². The van der Waals surface area contributed by atoms with E-state index in [1.54, 1.807) is 48.8 Å². The number of pyridine rings is 1. The molecule has 0 spiro atoms. The largest absolute Gasteiger partial charge is 0.473 e. The Morgan fingerprint density at radius 3 is 2.60 bits per heavy atom. The first-order valence-corrected chi connectivity index (χ1v) is 14.8. The molecule has 10 nitrogen and oxygen atoms in total. The smallest absolute Gasteiger partial charge is 0.337 e. The molecule has 3 aromatic heterocycles. The molecule has 0 unspecified atom stereocenters. The Bertz CT molecular complexity index is 2210. The number of aromatic nitrogens is 5. The number of fused-ring (bicyclic) bond motifs is 1. The molecule has 232 valence electrons. The number of halogens is 1. The van der Waals surface area contributed by atoms with Crippen molar-refractivity contribution < 1.29 is 18.7 Å². The number of hydrogen-bond donors (Lipinski definition) is 0. The van der Waals surface area contributed by atoms with E-state index in [4.69, 9.17) is 19.7 Å². The number of nitriles is 2. The second-order valence-electron chi connectivity index (χ2n) is 10.7. The van der Waals surface area contributed by atoms with E-state index in [1.165, 1.54) is 25.3 Å². The Hall–Kier alpha value is -6.33. The summed E-state index contributed by atoms with van der Waals surface area (Å²) in [5, 5.41) is 19.1. The fourth-order valence-corrected chi connectivity index (χ4v) is 5.36. The summed E-state index contributed by atoms with van der Waals surface area (Å²) < 4.78 is 29.1. The Labute approximate surface area is 269 Å². The van der Waals surface area contributed by atoms with E-state index in [9.17, 15) is 14.4 Å². The van der Waals surface area contributed by atoms with Gasteiger partial charge in [0.2, 0.25) is 5.88 Å². The van der Waals surface area contributed by atoms with Crippen LogP contribution < -0.4 is 4.74 Å². The first kappa shape index (κ1) is 30.7. The summed E-state index contributed by atoms with van der Waals surface area (Å²) in [6, 6.07) is 24.5. The molecule has 0 radical (unpaired) electrons. The molecule has 3 heterocycles. The van der Waals surface area contributed by atoms with Crippen LogP contribution in [0.3, 0.4) is 0 Å². The third kappa shape index (κ3) is 6.42. The summed E-state index contributed by atoms with van der Waals surface area (Å²) >= 11 is 0. The van der Waals surface area contributed by atoms with Crippen LogP contribution in [-0.4, -0.2) is 37.2 Å². The second-order valence-corrected chi connectivity index (χ2v) is 10.7. The van der Waals surface area contributed by atoms with Gasteiger partial charge in [-0.15, -0.1) is 0 Å². The molecule has 0 saturated heterocycles. The summed E-state index contributed by atoms with van der Waals surface area (Å²) in [5.74, 6) is 0.0495. The molecular formula is C36H28FN7O3. The zero-order chi connectivity index (χ0) is 32.9. The van der Waals surface area contributed by atoms with Crippen molar-refractivity contribution in [2.75, 3.05) is 7.11 Å². The summed E-state index contributed by atoms with van der Waals surface area (Å²) in [4.78, 5) is 26.1. The molecule has 6 rings (SSSR count). The van der Waals surface area contributed by atoms with E-state index in [1.807, 2.05) is 40.5 Å². The second kappa shape index (κ2) is 13.3. The zero-order valence-corrected chi connectivity index (χ0v) is 25.6. The van der Waals surface area contributed by atoms with E-state index in [0.29, 0.717) is 52.3 Å². The van der Waals surface area contributed by atoms with Gasteiger partial charge in [0.25, 0.3) is 0 Å². The predicted molar refractivity (Wildman–Crippen MR) is 171 cm³/mol. The monoisotopic (exact) mass is 625 g/mol. The number of aryl methyl sites for hydroxylation is 1. The van der Waals surface area contributed by atoms with Gasteiger partial charge in [0, 0.05) is 36.4 Å². The van der Waals surface area contributed by atoms with Crippen LogP contribution in [0.1, 0.15) is 51.1 Å². The van der Waals surface area contributed by atoms with Crippen molar-refractivity contribution in [1.29, 1.82) is 10.5 Å². The van der Waals surface area contributed by atoms with Gasteiger partial charge in [0.1, 0.15) is 18.2 Å². The number of benzene rings is 3. The van der Waals surface area contributed by atoms with Crippen molar-refractivity contribution in [2.24, 2.45) is 0 Å². The number of carbonyl (C=O) groups excluding carboxylic acids is 1. The van der Waals surface area contributed by atoms with Crippen LogP contribution in [0.15, 0.2) is 85.3 Å². The van der Waals surface area contributed by atoms with Gasteiger partial charge in [0.15, 0.2) is 0 Å². The number of hydrogen-bond acceptors (Lipinski definition) is 8. The minimum Gasteiger partial charge on any atom is -0.473 e. The Morgan fingerprint density at radius 1 is 0.979 bits per heavy atom. The molecule has 0 saturated carbocycles. The number of ether oxygens (including phenoxy) is 2. The maximum absolute atomic E-state index is 14.3. The van der Waals surface area contributed by atoms with Crippen molar-refractivity contribution in [3.63, 3.8) is 0 Å². The number of carbonyl (C=O) groups is 1. The molecule has 0 aliphatic rings. The van der Waals surface area contributed by atoms with Gasteiger partial charge in [0.05, 0.1) is 71.2 Å². The molecule has 0 bridgehead atoms. The molecule has 3 aromatic carbocycles. The van der Waals surface area contributed by atoms with Crippen LogP contribution in [0.25, 0.3) is 22.3 Å². The van der Waals surface area contributed by atoms with Gasteiger partial charge in [-0.05, 0) is 55.0 Å². The number of methoxy groups -OCH3 is 1. The van der Waals surface area contributed by atoms with Crippen molar-refractivity contribution in [2.45, 2.75) is 33.0 Å². The summed E-state index contributed by atoms with van der Waals surface area (Å²) in [5.41, 5.74) is 5.94. The van der Waals surface area contributed by atoms with Crippen molar-refractivity contribution in [3.05, 3.63) is 130 Å². The van der Waals surface area contributed by atoms with Crippen molar-refractivity contribution in [3.8, 4) is 29.3 Å². The Balaban J connectivity index is 1.29. The molecule has 0 N–H and O–H groups in total. The molecule has 0 fully saturated rings. The lowest BCUT2D eigenvalue weighted by atomic mass is 10.00. The van der Waals surface area contributed by atoms with E-state index >= 15 is 0 Å². The first-order chi connectivity index (χ1) is 22.9. The maximum atomic E-state index is 14.3. The van der Waals surface area contributed by atoms with Crippen LogP contribution in [0, 0.1) is 28.5 Å². The quantitative estimate of drug-likeness (QED) is 0.164. The van der Waals surface area contributed by atoms with Gasteiger partial charge in [-0.2, -0.15) is 10.5 Å². The normalized spacial score (nSPS) is 10.8. The molecule has 0 aliphatic heterocycles. The van der Waals surface area contributed by atoms with Crippen LogP contribution in [-0.2, 0) is 30.9 Å². The van der Waals surface area contributed by atoms with Crippen LogP contribution >= 0.6 is 0 Å². The standard InChI is InChI=1S/C36H28FN7O3/c1-3-43-22-40-19-29(43)20-44-33-15-26(36(45)46-2)11-12-32(33)41-34(44)16-24-9-10-25(14-28(24)18-39)31-5-4-6-35(42-31)47-21-27-8-7-23(17-38)13-30(27)37/h4-15,19,22H,3,16,20-21H2,1-2H3. The summed E-state index contributed by atoms with van der Waals surface area (Å²) in [7, 11) is 1.35. The van der Waals surface area contributed by atoms with Crippen molar-refractivity contribution in [1.82, 2.24) is 24.1 Å². The average Bonchev–Trinajstić information content (AvgIpc) is 3.71. The average molecular weight is 626 g/mol. The molecule has 6 aromatic rings. The van der Waals surface area contributed by atoms with E-state index in [2.05, 4.69) is 16.0 Å². The Kier molecular flexibility index (Phi) is 8.71. The summed E-state index contributed by atoms with van der Waals surface area (Å²) in [6.45, 7) is 3.20. The molecule has 0 atom stereocenters. The lowest BCUT2D eigenvalue weighted by molar-refractivity contribution is 0.0601. The summed E-state index contributed by atoms with van der Waals surface area (Å²) in [6.07, 6.45) is 3.95. The van der Waals surface area contributed by atoms with Gasteiger partial charge < -0.3 is 18.6 Å². The third-order valence-electron chi connectivity index (χ3n) is 7.86. The predicted octanol–water partition coefficient (Wildman–Crippen LogP) is 6.20. The highest BCUT2D eigenvalue weighted by atomic mass is 19.1. The number of rotatable bonds is 10. The first-order valence-electron chi connectivity index (χ1n) is 14.8. The molecule has 47 heavy (non-hydrogen) atoms. The minimum atomic E-state index is -0.525. The maximum Gasteiger partial charge on any atom is 0.337 e. The highest BCUT2D eigenvalue weighted by Crippen LogP contribution is 2.27. The van der Waals surface area contributed by atoms with E-state index < -0.39 is 11.8 Å². The fourth-order valence-electron chi connectivity index (χ4n) is 5.36. The highest BCUT2D eigenvalue weighted by molar-refractivity contribution is 5.93. The third-order valence-corrected chi connectivity index (χ3v) is 7.86. The van der Waals surface area contributed by atoms with Crippen molar-refractivity contribution >= 4 is 17.0 Å². The number of imidazole rings is 2. The van der Waals surface area contributed by atoms with E-state index in [0.717, 1.165) is 29.1 Å². The van der Waals surface area contributed by atoms with Crippen LogP contribution in [0.4, 0.5) is 4.39 Å². The van der Waals surface area contributed by atoms with E-state index in [-0.39, 0.29) is 12.2 Å². The molecular weight excluding hydrogens is 597 g/mol. The topological polar surface area (TPSA) is 132 Å². The van der Waals surface area contributed by atoms with Gasteiger partial charge in [-0.25, -0.2) is 24.1 Å². The Morgan fingerprint density at radius 2 is 1.83 bits per heavy atom. The molecule has 11 heteroatoms. The van der Waals surface area contributed by atoms with Gasteiger partial charge in [-0.1, -0.05) is 24.3 Å². The lowest BCUT2D eigenvalue weighted by Crippen LogP contribution is -2.10. The minimum absolute atomic E-state index is 0.0580. The highest BCUT2D eigenvalue weighted by Gasteiger charge is 2.18. The SMILES string of the molecule is CCn1cncc1Cn1c(Cc2ccc(-c3cccc(OCc4ccc(C#N)cc4F)n3)cc2C#N)nc2ccc(C(=O)OC)cc21. The van der Waals surface area contributed by atoms with Crippen LogP contribution in [0.5, 0.6) is 5.88 Å². The zero-order valence-electron chi connectivity index (χ0n) is 25.6. The molecule has 0 amide bonds. The number of nitrogens with zero attached hydrogens (tertiary/aromatic N) is 7. The van der Waals surface area contributed by atoms with Gasteiger partial charge >= 0.3 is 5.97 Å². The van der Waals surface area contributed by atoms with Gasteiger partial charge in [-0.3, -0.25) is 0 Å². The fraction of sp³-hybridized carbons (Fsp3) is 0.167.